The highest BCUT2D eigenvalue weighted by Gasteiger charge is 2.22. The van der Waals surface area contributed by atoms with Gasteiger partial charge in [0, 0.05) is 34.5 Å². The molecule has 1 atom stereocenters. The Hall–Kier alpha value is -2.35. The average molecular weight is 305 g/mol. The average Bonchev–Trinajstić information content (AvgIpc) is 3.12. The van der Waals surface area contributed by atoms with Gasteiger partial charge < -0.3 is 9.78 Å². The van der Waals surface area contributed by atoms with Gasteiger partial charge in [0.2, 0.25) is 0 Å². The third-order valence-electron chi connectivity index (χ3n) is 4.38. The molecule has 1 heterocycles. The van der Waals surface area contributed by atoms with Crippen LogP contribution in [0.25, 0.3) is 22.0 Å². The predicted octanol–water partition coefficient (Wildman–Crippen LogP) is 5.14. The molecular weight excluding hydrogens is 282 g/mol. The van der Waals surface area contributed by atoms with E-state index in [2.05, 4.69) is 47.4 Å². The van der Waals surface area contributed by atoms with Crippen LogP contribution in [0.4, 0.5) is 0 Å². The number of benzene rings is 2. The number of rotatable bonds is 3. The quantitative estimate of drug-likeness (QED) is 0.522. The van der Waals surface area contributed by atoms with Crippen LogP contribution in [-0.4, -0.2) is 11.3 Å². The number of aromatic nitrogens is 1. The molecule has 0 spiro atoms. The number of carbonyl (C=O) groups excluding carboxylic acids is 1. The molecule has 118 valence electrons. The second kappa shape index (κ2) is 6.41. The summed E-state index contributed by atoms with van der Waals surface area (Å²) in [5.41, 5.74) is 7.82. The van der Waals surface area contributed by atoms with Crippen molar-refractivity contribution < 1.29 is 4.79 Å². The van der Waals surface area contributed by atoms with Gasteiger partial charge in [-0.1, -0.05) is 51.1 Å². The van der Waals surface area contributed by atoms with E-state index in [0.29, 0.717) is 0 Å². The van der Waals surface area contributed by atoms with Gasteiger partial charge in [-0.15, -0.1) is 0 Å². The van der Waals surface area contributed by atoms with Crippen LogP contribution in [0, 0.1) is 5.92 Å². The summed E-state index contributed by atoms with van der Waals surface area (Å²) < 4.78 is 0. The lowest BCUT2D eigenvalue weighted by Crippen LogP contribution is -2.00. The minimum Gasteiger partial charge on any atom is -0.358 e. The summed E-state index contributed by atoms with van der Waals surface area (Å²) in [5, 5.41) is 1.28. The van der Waals surface area contributed by atoms with Crippen LogP contribution in [0.5, 0.6) is 0 Å². The zero-order chi connectivity index (χ0) is 16.4. The molecule has 0 radical (unpaired) electrons. The van der Waals surface area contributed by atoms with Gasteiger partial charge in [-0.3, -0.25) is 0 Å². The summed E-state index contributed by atoms with van der Waals surface area (Å²) in [6, 6.07) is 15.1. The maximum Gasteiger partial charge on any atom is 0.123 e. The van der Waals surface area contributed by atoms with Gasteiger partial charge in [-0.2, -0.15) is 0 Å². The van der Waals surface area contributed by atoms with Crippen molar-refractivity contribution in [2.24, 2.45) is 5.92 Å². The molecule has 23 heavy (non-hydrogen) atoms. The minimum atomic E-state index is 0.0710. The van der Waals surface area contributed by atoms with Crippen LogP contribution in [0.15, 0.2) is 42.5 Å². The molecule has 4 rings (SSSR count). The summed E-state index contributed by atoms with van der Waals surface area (Å²) in [4.78, 5) is 14.4. The molecule has 0 bridgehead atoms. The maximum atomic E-state index is 10.9. The van der Waals surface area contributed by atoms with Crippen molar-refractivity contribution >= 4 is 17.2 Å². The van der Waals surface area contributed by atoms with E-state index in [-0.39, 0.29) is 5.92 Å². The summed E-state index contributed by atoms with van der Waals surface area (Å²) >= 11 is 0. The summed E-state index contributed by atoms with van der Waals surface area (Å²) in [7, 11) is 0. The largest absolute Gasteiger partial charge is 0.358 e. The maximum absolute atomic E-state index is 10.9. The standard InChI is InChI=1S/C19H17NO.C2H6/c1-12(11-21)8-13-6-7-17-16(9-13)19-15-5-3-2-4-14(15)10-18(19)20-17;1-2/h2-7,9,11-12,20H,8,10H2,1H3;1-2H3. The second-order valence-electron chi connectivity index (χ2n) is 6.01. The fraction of sp³-hybridized carbons (Fsp3) is 0.286. The van der Waals surface area contributed by atoms with Gasteiger partial charge in [0.05, 0.1) is 0 Å². The zero-order valence-electron chi connectivity index (χ0n) is 14.0. The van der Waals surface area contributed by atoms with Crippen molar-refractivity contribution in [1.29, 1.82) is 0 Å². The van der Waals surface area contributed by atoms with Crippen molar-refractivity contribution in [3.63, 3.8) is 0 Å². The van der Waals surface area contributed by atoms with Crippen LogP contribution in [-0.2, 0) is 17.6 Å². The Labute approximate surface area is 137 Å². The molecule has 2 nitrogen and oxygen atoms in total. The molecule has 2 heteroatoms. The van der Waals surface area contributed by atoms with Crippen LogP contribution < -0.4 is 0 Å². The number of aromatic amines is 1. The van der Waals surface area contributed by atoms with E-state index in [9.17, 15) is 4.79 Å². The fourth-order valence-electron chi connectivity index (χ4n) is 3.39. The number of nitrogens with one attached hydrogen (secondary N) is 1. The number of fused-ring (bicyclic) bond motifs is 5. The molecule has 0 aliphatic heterocycles. The number of hydrogen-bond acceptors (Lipinski definition) is 1. The Morgan fingerprint density at radius 2 is 1.96 bits per heavy atom. The van der Waals surface area contributed by atoms with Crippen LogP contribution in [0.2, 0.25) is 0 Å². The highest BCUT2D eigenvalue weighted by atomic mass is 16.1. The van der Waals surface area contributed by atoms with Crippen molar-refractivity contribution in [2.45, 2.75) is 33.6 Å². The van der Waals surface area contributed by atoms with E-state index in [1.54, 1.807) is 0 Å². The molecule has 0 saturated carbocycles. The third-order valence-corrected chi connectivity index (χ3v) is 4.38. The first-order valence-corrected chi connectivity index (χ1v) is 8.43. The van der Waals surface area contributed by atoms with Gasteiger partial charge in [-0.05, 0) is 35.2 Å². The van der Waals surface area contributed by atoms with Crippen molar-refractivity contribution in [3.05, 3.63) is 59.3 Å². The molecular formula is C21H23NO. The third kappa shape index (κ3) is 2.70. The molecule has 1 aliphatic carbocycles. The Kier molecular flexibility index (Phi) is 4.33. The molecule has 0 saturated heterocycles. The number of H-pyrrole nitrogens is 1. The second-order valence-corrected chi connectivity index (χ2v) is 6.01. The molecule has 1 N–H and O–H groups in total. The van der Waals surface area contributed by atoms with Crippen molar-refractivity contribution in [1.82, 2.24) is 4.98 Å². The van der Waals surface area contributed by atoms with Crippen molar-refractivity contribution in [2.75, 3.05) is 0 Å². The molecule has 1 unspecified atom stereocenters. The Bertz CT molecular complexity index is 844. The minimum absolute atomic E-state index is 0.0710. The van der Waals surface area contributed by atoms with Crippen LogP contribution >= 0.6 is 0 Å². The molecule has 2 aromatic carbocycles. The lowest BCUT2D eigenvalue weighted by molar-refractivity contribution is -0.110. The Balaban J connectivity index is 0.000000753. The van der Waals surface area contributed by atoms with Gasteiger partial charge in [0.1, 0.15) is 6.29 Å². The Morgan fingerprint density at radius 3 is 2.74 bits per heavy atom. The molecule has 0 amide bonds. The number of hydrogen-bond donors (Lipinski definition) is 1. The normalized spacial score (nSPS) is 13.0. The van der Waals surface area contributed by atoms with E-state index in [4.69, 9.17) is 0 Å². The highest BCUT2D eigenvalue weighted by Crippen LogP contribution is 2.41. The van der Waals surface area contributed by atoms with Gasteiger partial charge in [-0.25, -0.2) is 0 Å². The monoisotopic (exact) mass is 305 g/mol. The van der Waals surface area contributed by atoms with E-state index < -0.39 is 0 Å². The first-order chi connectivity index (χ1) is 11.3. The Morgan fingerprint density at radius 1 is 1.17 bits per heavy atom. The van der Waals surface area contributed by atoms with Gasteiger partial charge in [0.25, 0.3) is 0 Å². The lowest BCUT2D eigenvalue weighted by atomic mass is 9.98. The van der Waals surface area contributed by atoms with Gasteiger partial charge in [0.15, 0.2) is 0 Å². The zero-order valence-corrected chi connectivity index (χ0v) is 14.0. The number of aldehydes is 1. The molecule has 3 aromatic rings. The SMILES string of the molecule is CC.CC(C=O)Cc1ccc2[nH]c3c(c2c1)-c1ccccc1C3. The number of carbonyl (C=O) groups is 1. The lowest BCUT2D eigenvalue weighted by Gasteiger charge is -2.05. The highest BCUT2D eigenvalue weighted by molar-refractivity contribution is 6.00. The first kappa shape index (κ1) is 15.5. The summed E-state index contributed by atoms with van der Waals surface area (Å²) in [6.07, 6.45) is 2.82. The molecule has 0 fully saturated rings. The van der Waals surface area contributed by atoms with Crippen LogP contribution in [0.1, 0.15) is 37.6 Å². The van der Waals surface area contributed by atoms with E-state index in [0.717, 1.165) is 19.1 Å². The van der Waals surface area contributed by atoms with E-state index in [1.165, 1.54) is 38.9 Å². The molecule has 1 aliphatic rings. The van der Waals surface area contributed by atoms with E-state index in [1.807, 2.05) is 20.8 Å². The van der Waals surface area contributed by atoms with Crippen LogP contribution in [0.3, 0.4) is 0 Å². The first-order valence-electron chi connectivity index (χ1n) is 8.43. The smallest absolute Gasteiger partial charge is 0.123 e. The van der Waals surface area contributed by atoms with Gasteiger partial charge >= 0.3 is 0 Å². The summed E-state index contributed by atoms with van der Waals surface area (Å²) in [5.74, 6) is 0.0710. The topological polar surface area (TPSA) is 32.9 Å². The van der Waals surface area contributed by atoms with E-state index >= 15 is 0 Å². The summed E-state index contributed by atoms with van der Waals surface area (Å²) in [6.45, 7) is 5.97. The molecule has 1 aromatic heterocycles. The van der Waals surface area contributed by atoms with Crippen molar-refractivity contribution in [3.8, 4) is 11.1 Å². The fourth-order valence-corrected chi connectivity index (χ4v) is 3.39. The predicted molar refractivity (Wildman–Crippen MR) is 96.8 cm³/mol.